The van der Waals surface area contributed by atoms with Crippen LogP contribution in [-0.2, 0) is 20.4 Å². The Bertz CT molecular complexity index is 1100. The fourth-order valence-electron chi connectivity index (χ4n) is 3.58. The van der Waals surface area contributed by atoms with Gasteiger partial charge in [-0.05, 0) is 37.1 Å². The van der Waals surface area contributed by atoms with Crippen molar-refractivity contribution in [3.63, 3.8) is 0 Å². The molecule has 3 rings (SSSR count). The Labute approximate surface area is 191 Å². The van der Waals surface area contributed by atoms with Crippen LogP contribution in [0.4, 0.5) is 32.0 Å². The molecule has 0 radical (unpaired) electrons. The highest BCUT2D eigenvalue weighted by Gasteiger charge is 2.71. The van der Waals surface area contributed by atoms with Crippen molar-refractivity contribution in [2.24, 2.45) is 0 Å². The fraction of sp³-hybridized carbons (Fsp3) is 0.381. The lowest BCUT2D eigenvalue weighted by Crippen LogP contribution is -2.53. The summed E-state index contributed by atoms with van der Waals surface area (Å²) in [5.74, 6) is -0.567. The van der Waals surface area contributed by atoms with E-state index >= 15 is 0 Å². The number of hydrogen-bond donors (Lipinski definition) is 1. The van der Waals surface area contributed by atoms with Crippen molar-refractivity contribution < 1.29 is 44.7 Å². The lowest BCUT2D eigenvalue weighted by molar-refractivity contribution is -0.376. The van der Waals surface area contributed by atoms with Gasteiger partial charge in [-0.3, -0.25) is 9.10 Å². The third-order valence-electron chi connectivity index (χ3n) is 5.46. The van der Waals surface area contributed by atoms with Crippen LogP contribution in [0.15, 0.2) is 59.5 Å². The Morgan fingerprint density at radius 3 is 1.85 bits per heavy atom. The zero-order chi connectivity index (χ0) is 25.4. The zero-order valence-corrected chi connectivity index (χ0v) is 18.3. The van der Waals surface area contributed by atoms with Gasteiger partial charge in [0.15, 0.2) is 0 Å². The molecule has 1 aliphatic heterocycles. The van der Waals surface area contributed by atoms with Crippen molar-refractivity contribution >= 4 is 21.6 Å². The summed E-state index contributed by atoms with van der Waals surface area (Å²) in [6, 6.07) is 8.92. The summed E-state index contributed by atoms with van der Waals surface area (Å²) in [5.41, 5.74) is -7.04. The predicted octanol–water partition coefficient (Wildman–Crippen LogP) is 3.82. The normalized spacial score (nSPS) is 15.4. The summed E-state index contributed by atoms with van der Waals surface area (Å²) in [6.07, 6.45) is -10.7. The van der Waals surface area contributed by atoms with E-state index < -0.39 is 46.0 Å². The molecule has 0 atom stereocenters. The van der Waals surface area contributed by atoms with Crippen LogP contribution >= 0.6 is 0 Å². The van der Waals surface area contributed by atoms with E-state index in [-0.39, 0.29) is 10.6 Å². The molecule has 2 aromatic rings. The van der Waals surface area contributed by atoms with Gasteiger partial charge in [-0.1, -0.05) is 30.3 Å². The molecule has 1 aliphatic rings. The first-order valence-electron chi connectivity index (χ1n) is 10.0. The third-order valence-corrected chi connectivity index (χ3v) is 7.25. The van der Waals surface area contributed by atoms with E-state index in [4.69, 9.17) is 0 Å². The van der Waals surface area contributed by atoms with Crippen LogP contribution in [0.25, 0.3) is 0 Å². The molecular formula is C21H20F6N2O4S. The molecule has 1 fully saturated rings. The zero-order valence-electron chi connectivity index (χ0n) is 17.5. The van der Waals surface area contributed by atoms with E-state index in [0.29, 0.717) is 41.7 Å². The van der Waals surface area contributed by atoms with Gasteiger partial charge >= 0.3 is 12.4 Å². The number of alkyl halides is 6. The van der Waals surface area contributed by atoms with Crippen molar-refractivity contribution in [3.8, 4) is 0 Å². The number of sulfonamides is 1. The number of halogens is 6. The smallest absolute Gasteiger partial charge is 0.369 e. The van der Waals surface area contributed by atoms with Crippen LogP contribution in [0, 0.1) is 0 Å². The summed E-state index contributed by atoms with van der Waals surface area (Å²) in [7, 11) is -4.40. The number of nitrogens with zero attached hydrogens (tertiary/aromatic N) is 2. The highest BCUT2D eigenvalue weighted by molar-refractivity contribution is 7.92. The van der Waals surface area contributed by atoms with E-state index in [0.717, 1.165) is 12.8 Å². The van der Waals surface area contributed by atoms with Gasteiger partial charge in [0.2, 0.25) is 5.91 Å². The Hall–Kier alpha value is -2.80. The van der Waals surface area contributed by atoms with Crippen LogP contribution in [0.3, 0.4) is 0 Å². The second-order valence-corrected chi connectivity index (χ2v) is 9.53. The average molecular weight is 510 g/mol. The molecule has 6 nitrogen and oxygen atoms in total. The van der Waals surface area contributed by atoms with E-state index in [2.05, 4.69) is 0 Å². The van der Waals surface area contributed by atoms with Gasteiger partial charge in [-0.15, -0.1) is 0 Å². The van der Waals surface area contributed by atoms with Gasteiger partial charge in [0.25, 0.3) is 15.6 Å². The number of rotatable bonds is 6. The van der Waals surface area contributed by atoms with Gasteiger partial charge in [0.05, 0.1) is 10.6 Å². The number of carbonyl (C=O) groups excluding carboxylic acids is 1. The van der Waals surface area contributed by atoms with E-state index in [1.807, 2.05) is 0 Å². The number of aliphatic hydroxyl groups is 1. The van der Waals surface area contributed by atoms with Crippen LogP contribution in [-0.4, -0.2) is 56.3 Å². The van der Waals surface area contributed by atoms with Gasteiger partial charge in [0, 0.05) is 18.7 Å². The van der Waals surface area contributed by atoms with E-state index in [1.54, 1.807) is 6.07 Å². The van der Waals surface area contributed by atoms with Crippen molar-refractivity contribution in [3.05, 3.63) is 60.2 Å². The van der Waals surface area contributed by atoms with Crippen molar-refractivity contribution in [2.45, 2.75) is 35.7 Å². The highest BCUT2D eigenvalue weighted by Crippen LogP contribution is 2.50. The molecule has 1 amide bonds. The van der Waals surface area contributed by atoms with Gasteiger partial charge < -0.3 is 10.0 Å². The molecule has 0 spiro atoms. The van der Waals surface area contributed by atoms with Crippen LogP contribution < -0.4 is 4.31 Å². The second kappa shape index (κ2) is 9.10. The molecule has 1 N–H and O–H groups in total. The van der Waals surface area contributed by atoms with E-state index in [9.17, 15) is 44.7 Å². The third kappa shape index (κ3) is 4.71. The summed E-state index contributed by atoms with van der Waals surface area (Å²) in [6.45, 7) is 0.0990. The average Bonchev–Trinajstić information content (AvgIpc) is 3.31. The quantitative estimate of drug-likeness (QED) is 0.600. The Morgan fingerprint density at radius 2 is 1.38 bits per heavy atom. The topological polar surface area (TPSA) is 77.9 Å². The largest absolute Gasteiger partial charge is 0.430 e. The first kappa shape index (κ1) is 25.8. The van der Waals surface area contributed by atoms with Gasteiger partial charge in [0.1, 0.15) is 6.54 Å². The minimum atomic E-state index is -6.09. The molecule has 13 heteroatoms. The SMILES string of the molecule is O=C(CN(c1ccc(C(O)(C(F)(F)F)C(F)(F)F)cc1)S(=O)(=O)c1ccccc1)N1CCCC1. The van der Waals surface area contributed by atoms with Crippen LogP contribution in [0.5, 0.6) is 0 Å². The second-order valence-electron chi connectivity index (χ2n) is 7.67. The predicted molar refractivity (Wildman–Crippen MR) is 109 cm³/mol. The van der Waals surface area contributed by atoms with Crippen molar-refractivity contribution in [1.29, 1.82) is 0 Å². The van der Waals surface area contributed by atoms with Crippen LogP contribution in [0.1, 0.15) is 18.4 Å². The Morgan fingerprint density at radius 1 is 0.882 bits per heavy atom. The maximum Gasteiger partial charge on any atom is 0.430 e. The molecule has 0 saturated carbocycles. The first-order valence-corrected chi connectivity index (χ1v) is 11.5. The Kier molecular flexibility index (Phi) is 6.91. The molecular weight excluding hydrogens is 490 g/mol. The summed E-state index contributed by atoms with van der Waals surface area (Å²) in [5, 5.41) is 9.57. The van der Waals surface area contributed by atoms with Gasteiger partial charge in [-0.25, -0.2) is 8.42 Å². The molecule has 0 aromatic heterocycles. The van der Waals surface area contributed by atoms with E-state index in [1.165, 1.54) is 29.2 Å². The fourth-order valence-corrected chi connectivity index (χ4v) is 5.02. The molecule has 0 unspecified atom stereocenters. The molecule has 186 valence electrons. The number of hydrogen-bond acceptors (Lipinski definition) is 4. The summed E-state index contributed by atoms with van der Waals surface area (Å²) in [4.78, 5) is 13.9. The number of carbonyl (C=O) groups is 1. The lowest BCUT2D eigenvalue weighted by Gasteiger charge is -2.33. The van der Waals surface area contributed by atoms with Gasteiger partial charge in [-0.2, -0.15) is 26.3 Å². The Balaban J connectivity index is 2.05. The molecule has 0 bridgehead atoms. The van der Waals surface area contributed by atoms with Crippen molar-refractivity contribution in [2.75, 3.05) is 23.9 Å². The summed E-state index contributed by atoms with van der Waals surface area (Å²) < 4.78 is 106. The van der Waals surface area contributed by atoms with Crippen molar-refractivity contribution in [1.82, 2.24) is 4.90 Å². The number of likely N-dealkylation sites (tertiary alicyclic amines) is 1. The maximum absolute atomic E-state index is 13.2. The highest BCUT2D eigenvalue weighted by atomic mass is 32.2. The van der Waals surface area contributed by atoms with Crippen LogP contribution in [0.2, 0.25) is 0 Å². The first-order chi connectivity index (χ1) is 15.7. The molecule has 0 aliphatic carbocycles. The maximum atomic E-state index is 13.2. The monoisotopic (exact) mass is 510 g/mol. The minimum absolute atomic E-state index is 0.226. The molecule has 2 aromatic carbocycles. The number of benzene rings is 2. The molecule has 34 heavy (non-hydrogen) atoms. The standard InChI is InChI=1S/C21H20F6N2O4S/c22-20(23,24)19(31,21(25,26)27)15-8-10-16(11-9-15)29(14-18(30)28-12-4-5-13-28)34(32,33)17-6-2-1-3-7-17/h1-3,6-11,31H,4-5,12-14H2. The minimum Gasteiger partial charge on any atom is -0.369 e. The summed E-state index contributed by atoms with van der Waals surface area (Å²) >= 11 is 0. The molecule has 1 heterocycles. The number of anilines is 1. The number of amides is 1. The lowest BCUT2D eigenvalue weighted by atomic mass is 9.92. The molecule has 1 saturated heterocycles.